The third kappa shape index (κ3) is 2.35. The van der Waals surface area contributed by atoms with E-state index in [4.69, 9.17) is 23.2 Å². The maximum Gasteiger partial charge on any atom is 0.161 e. The van der Waals surface area contributed by atoms with E-state index < -0.39 is 0 Å². The molecule has 0 saturated carbocycles. The van der Waals surface area contributed by atoms with Crippen LogP contribution < -0.4 is 0 Å². The molecule has 0 fully saturated rings. The van der Waals surface area contributed by atoms with Crippen molar-refractivity contribution < 1.29 is 4.39 Å². The first-order valence-corrected chi connectivity index (χ1v) is 6.69. The zero-order valence-corrected chi connectivity index (χ0v) is 12.0. The summed E-state index contributed by atoms with van der Waals surface area (Å²) in [6.07, 6.45) is 0. The number of hydrogen-bond donors (Lipinski definition) is 0. The average molecular weight is 307 g/mol. The molecule has 0 amide bonds. The molecule has 0 N–H and O–H groups in total. The molecule has 20 heavy (non-hydrogen) atoms. The number of halogens is 3. The highest BCUT2D eigenvalue weighted by atomic mass is 35.5. The smallest absolute Gasteiger partial charge is 0.161 e. The van der Waals surface area contributed by atoms with Gasteiger partial charge in [-0.3, -0.25) is 0 Å². The molecule has 3 aromatic rings. The molecule has 3 rings (SSSR count). The van der Waals surface area contributed by atoms with Gasteiger partial charge in [0.05, 0.1) is 10.5 Å². The lowest BCUT2D eigenvalue weighted by Crippen LogP contribution is -1.93. The molecule has 0 unspecified atom stereocenters. The zero-order chi connectivity index (χ0) is 14.3. The van der Waals surface area contributed by atoms with Crippen molar-refractivity contribution >= 4 is 34.1 Å². The number of rotatable bonds is 1. The van der Waals surface area contributed by atoms with E-state index in [1.165, 1.54) is 12.1 Å². The molecule has 0 radical (unpaired) electrons. The van der Waals surface area contributed by atoms with E-state index >= 15 is 0 Å². The molecule has 0 spiro atoms. The predicted octanol–water partition coefficient (Wildman–Crippen LogP) is 5.05. The Balaban J connectivity index is 2.29. The summed E-state index contributed by atoms with van der Waals surface area (Å²) in [5.74, 6) is 0.00470. The van der Waals surface area contributed by atoms with Gasteiger partial charge in [0.2, 0.25) is 0 Å². The highest BCUT2D eigenvalue weighted by Crippen LogP contribution is 2.30. The van der Waals surface area contributed by atoms with Crippen LogP contribution >= 0.6 is 23.2 Å². The quantitative estimate of drug-likeness (QED) is 0.588. The molecule has 0 atom stereocenters. The highest BCUT2D eigenvalue weighted by molar-refractivity contribution is 6.38. The second-order valence-corrected chi connectivity index (χ2v) is 5.26. The van der Waals surface area contributed by atoms with Gasteiger partial charge in [0.25, 0.3) is 0 Å². The van der Waals surface area contributed by atoms with Gasteiger partial charge < -0.3 is 0 Å². The maximum absolute atomic E-state index is 13.3. The Morgan fingerprint density at radius 1 is 1.05 bits per heavy atom. The molecule has 0 aliphatic heterocycles. The average Bonchev–Trinajstić information content (AvgIpc) is 2.39. The van der Waals surface area contributed by atoms with Crippen molar-refractivity contribution in [2.75, 3.05) is 0 Å². The maximum atomic E-state index is 13.3. The minimum Gasteiger partial charge on any atom is -0.226 e. The molecule has 1 aromatic heterocycles. The second kappa shape index (κ2) is 5.00. The van der Waals surface area contributed by atoms with E-state index in [1.807, 2.05) is 19.1 Å². The third-order valence-electron chi connectivity index (χ3n) is 2.93. The van der Waals surface area contributed by atoms with Gasteiger partial charge in [-0.2, -0.15) is 0 Å². The molecule has 0 aliphatic rings. The van der Waals surface area contributed by atoms with Crippen LogP contribution in [0.15, 0.2) is 36.4 Å². The lowest BCUT2D eigenvalue weighted by molar-refractivity contribution is 0.628. The number of fused-ring (bicyclic) bond motifs is 1. The summed E-state index contributed by atoms with van der Waals surface area (Å²) in [5.41, 5.74) is 2.11. The predicted molar refractivity (Wildman–Crippen MR) is 79.7 cm³/mol. The Bertz CT molecular complexity index is 818. The SMILES string of the molecule is Cc1cc(Cl)c2nc(-c3cccc(F)c3)nc(Cl)c2c1. The molecule has 5 heteroatoms. The topological polar surface area (TPSA) is 25.8 Å². The minimum atomic E-state index is -0.350. The Morgan fingerprint density at radius 2 is 1.85 bits per heavy atom. The van der Waals surface area contributed by atoms with Gasteiger partial charge in [0.1, 0.15) is 11.0 Å². The molecular formula is C15H9Cl2FN2. The molecule has 2 aromatic carbocycles. The first-order chi connectivity index (χ1) is 9.54. The van der Waals surface area contributed by atoms with Crippen molar-refractivity contribution in [3.8, 4) is 11.4 Å². The summed E-state index contributed by atoms with van der Waals surface area (Å²) in [4.78, 5) is 8.62. The van der Waals surface area contributed by atoms with E-state index in [-0.39, 0.29) is 5.82 Å². The van der Waals surface area contributed by atoms with Crippen molar-refractivity contribution in [1.29, 1.82) is 0 Å². The molecular weight excluding hydrogens is 298 g/mol. The Morgan fingerprint density at radius 3 is 2.60 bits per heavy atom. The molecule has 0 bridgehead atoms. The third-order valence-corrected chi connectivity index (χ3v) is 3.51. The lowest BCUT2D eigenvalue weighted by Gasteiger charge is -2.07. The van der Waals surface area contributed by atoms with Crippen LogP contribution in [0, 0.1) is 12.7 Å². The van der Waals surface area contributed by atoms with Crippen molar-refractivity contribution in [3.05, 3.63) is 58.0 Å². The normalized spacial score (nSPS) is 11.0. The number of aromatic nitrogens is 2. The van der Waals surface area contributed by atoms with E-state index in [0.29, 0.717) is 32.5 Å². The summed E-state index contributed by atoms with van der Waals surface area (Å²) >= 11 is 12.4. The molecule has 2 nitrogen and oxygen atoms in total. The van der Waals surface area contributed by atoms with Gasteiger partial charge in [-0.1, -0.05) is 35.3 Å². The van der Waals surface area contributed by atoms with Gasteiger partial charge in [0, 0.05) is 10.9 Å². The van der Waals surface area contributed by atoms with Gasteiger partial charge in [-0.25, -0.2) is 14.4 Å². The Labute approximate surface area is 125 Å². The van der Waals surface area contributed by atoms with Crippen LogP contribution in [0.3, 0.4) is 0 Å². The van der Waals surface area contributed by atoms with Crippen molar-refractivity contribution in [2.45, 2.75) is 6.92 Å². The monoisotopic (exact) mass is 306 g/mol. The largest absolute Gasteiger partial charge is 0.226 e. The number of hydrogen-bond acceptors (Lipinski definition) is 2. The first-order valence-electron chi connectivity index (χ1n) is 5.94. The Kier molecular flexibility index (Phi) is 3.32. The number of nitrogens with zero attached hydrogens (tertiary/aromatic N) is 2. The van der Waals surface area contributed by atoms with E-state index in [0.717, 1.165) is 5.56 Å². The van der Waals surface area contributed by atoms with Crippen molar-refractivity contribution in [3.63, 3.8) is 0 Å². The fourth-order valence-electron chi connectivity index (χ4n) is 2.05. The van der Waals surface area contributed by atoms with Crippen molar-refractivity contribution in [2.24, 2.45) is 0 Å². The summed E-state index contributed by atoms with van der Waals surface area (Å²) < 4.78 is 13.3. The van der Waals surface area contributed by atoms with E-state index in [1.54, 1.807) is 12.1 Å². The highest BCUT2D eigenvalue weighted by Gasteiger charge is 2.11. The van der Waals surface area contributed by atoms with Crippen LogP contribution in [-0.4, -0.2) is 9.97 Å². The zero-order valence-electron chi connectivity index (χ0n) is 10.5. The molecule has 0 aliphatic carbocycles. The second-order valence-electron chi connectivity index (χ2n) is 4.49. The van der Waals surface area contributed by atoms with Crippen molar-refractivity contribution in [1.82, 2.24) is 9.97 Å². The van der Waals surface area contributed by atoms with Gasteiger partial charge in [-0.05, 0) is 36.8 Å². The standard InChI is InChI=1S/C15H9Cl2FN2/c1-8-5-11-13(12(16)6-8)19-15(20-14(11)17)9-3-2-4-10(18)7-9/h2-7H,1H3. The molecule has 0 saturated heterocycles. The molecule has 100 valence electrons. The molecule has 1 heterocycles. The fraction of sp³-hybridized carbons (Fsp3) is 0.0667. The van der Waals surface area contributed by atoms with Gasteiger partial charge in [0.15, 0.2) is 5.82 Å². The fourth-order valence-corrected chi connectivity index (χ4v) is 2.59. The van der Waals surface area contributed by atoms with Crippen LogP contribution in [0.5, 0.6) is 0 Å². The lowest BCUT2D eigenvalue weighted by atomic mass is 10.1. The van der Waals surface area contributed by atoms with Crippen LogP contribution in [0.4, 0.5) is 4.39 Å². The van der Waals surface area contributed by atoms with Crippen LogP contribution in [-0.2, 0) is 0 Å². The summed E-state index contributed by atoms with van der Waals surface area (Å²) in [7, 11) is 0. The number of benzene rings is 2. The minimum absolute atomic E-state index is 0.305. The van der Waals surface area contributed by atoms with Gasteiger partial charge in [-0.15, -0.1) is 0 Å². The first kappa shape index (κ1) is 13.3. The van der Waals surface area contributed by atoms with Crippen LogP contribution in [0.2, 0.25) is 10.2 Å². The van der Waals surface area contributed by atoms with Crippen LogP contribution in [0.25, 0.3) is 22.3 Å². The van der Waals surface area contributed by atoms with E-state index in [2.05, 4.69) is 9.97 Å². The van der Waals surface area contributed by atoms with Gasteiger partial charge >= 0.3 is 0 Å². The Hall–Kier alpha value is -1.71. The summed E-state index contributed by atoms with van der Waals surface area (Å²) in [6, 6.07) is 9.73. The summed E-state index contributed by atoms with van der Waals surface area (Å²) in [6.45, 7) is 1.92. The van der Waals surface area contributed by atoms with E-state index in [9.17, 15) is 4.39 Å². The van der Waals surface area contributed by atoms with Crippen LogP contribution in [0.1, 0.15) is 5.56 Å². The number of aryl methyl sites for hydroxylation is 1. The summed E-state index contributed by atoms with van der Waals surface area (Å²) in [5, 5.41) is 1.50.